The van der Waals surface area contributed by atoms with E-state index < -0.39 is 0 Å². The first-order valence-electron chi connectivity index (χ1n) is 5.13. The molecule has 0 heterocycles. The molecule has 0 aromatic heterocycles. The van der Waals surface area contributed by atoms with Gasteiger partial charge >= 0.3 is 0 Å². The summed E-state index contributed by atoms with van der Waals surface area (Å²) in [6.07, 6.45) is 2.57. The van der Waals surface area contributed by atoms with Gasteiger partial charge in [-0.15, -0.1) is 0 Å². The number of nitrogens with one attached hydrogen (secondary N) is 1. The van der Waals surface area contributed by atoms with E-state index in [9.17, 15) is 4.79 Å². The first-order valence-corrected chi connectivity index (χ1v) is 5.13. The quantitative estimate of drug-likeness (QED) is 0.656. The lowest BCUT2D eigenvalue weighted by molar-refractivity contribution is -0.122. The molecule has 0 spiro atoms. The largest absolute Gasteiger partial charge is 0.352 e. The zero-order valence-corrected chi connectivity index (χ0v) is 8.97. The van der Waals surface area contributed by atoms with E-state index in [4.69, 9.17) is 5.73 Å². The van der Waals surface area contributed by atoms with Crippen LogP contribution >= 0.6 is 0 Å². The van der Waals surface area contributed by atoms with E-state index in [0.717, 1.165) is 12.8 Å². The van der Waals surface area contributed by atoms with E-state index in [2.05, 4.69) is 19.2 Å². The molecule has 3 N–H and O–H groups in total. The number of rotatable bonds is 6. The predicted octanol–water partition coefficient (Wildman–Crippen LogP) is 1.28. The summed E-state index contributed by atoms with van der Waals surface area (Å²) in [5.74, 6) is 0.599. The van der Waals surface area contributed by atoms with Gasteiger partial charge in [0, 0.05) is 19.0 Å². The summed E-state index contributed by atoms with van der Waals surface area (Å²) in [5, 5.41) is 2.92. The van der Waals surface area contributed by atoms with Crippen LogP contribution in [0.5, 0.6) is 0 Å². The Labute approximate surface area is 81.1 Å². The molecule has 3 heteroatoms. The molecule has 3 nitrogen and oxygen atoms in total. The van der Waals surface area contributed by atoms with E-state index in [1.165, 1.54) is 0 Å². The minimum atomic E-state index is 0.131. The van der Waals surface area contributed by atoms with Crippen molar-refractivity contribution in [3.05, 3.63) is 0 Å². The number of amides is 1. The summed E-state index contributed by atoms with van der Waals surface area (Å²) in [4.78, 5) is 11.4. The van der Waals surface area contributed by atoms with E-state index in [1.807, 2.05) is 6.92 Å². The average Bonchev–Trinajstić information content (AvgIpc) is 2.13. The van der Waals surface area contributed by atoms with Crippen LogP contribution in [0.3, 0.4) is 0 Å². The van der Waals surface area contributed by atoms with Gasteiger partial charge < -0.3 is 11.1 Å². The van der Waals surface area contributed by atoms with Crippen molar-refractivity contribution in [2.45, 2.75) is 46.1 Å². The Kier molecular flexibility index (Phi) is 6.59. The zero-order valence-electron chi connectivity index (χ0n) is 8.97. The molecule has 1 amide bonds. The first-order chi connectivity index (χ1) is 6.13. The highest BCUT2D eigenvalue weighted by molar-refractivity contribution is 5.76. The number of nitrogens with two attached hydrogens (primary N) is 1. The normalized spacial score (nSPS) is 15.1. The minimum absolute atomic E-state index is 0.131. The van der Waals surface area contributed by atoms with Crippen molar-refractivity contribution in [1.29, 1.82) is 0 Å². The van der Waals surface area contributed by atoms with Crippen LogP contribution in [0.2, 0.25) is 0 Å². The van der Waals surface area contributed by atoms with Crippen LogP contribution < -0.4 is 11.1 Å². The fourth-order valence-electron chi connectivity index (χ4n) is 1.08. The third-order valence-corrected chi connectivity index (χ3v) is 2.37. The topological polar surface area (TPSA) is 55.1 Å². The summed E-state index contributed by atoms with van der Waals surface area (Å²) in [6.45, 7) is 6.74. The van der Waals surface area contributed by atoms with Gasteiger partial charge in [-0.3, -0.25) is 4.79 Å². The molecule has 0 saturated carbocycles. The Morgan fingerprint density at radius 2 is 2.00 bits per heavy atom. The fourth-order valence-corrected chi connectivity index (χ4v) is 1.08. The maximum absolute atomic E-state index is 11.4. The maximum Gasteiger partial charge on any atom is 0.220 e. The van der Waals surface area contributed by atoms with Gasteiger partial charge in [-0.25, -0.2) is 0 Å². The molecular formula is C10H22N2O. The molecular weight excluding hydrogens is 164 g/mol. The molecule has 13 heavy (non-hydrogen) atoms. The molecule has 0 aromatic rings. The second-order valence-corrected chi connectivity index (χ2v) is 3.63. The summed E-state index contributed by atoms with van der Waals surface area (Å²) >= 11 is 0. The summed E-state index contributed by atoms with van der Waals surface area (Å²) in [5.41, 5.74) is 5.48. The van der Waals surface area contributed by atoms with Crippen LogP contribution in [0.4, 0.5) is 0 Å². The van der Waals surface area contributed by atoms with Gasteiger partial charge in [-0.1, -0.05) is 27.2 Å². The number of hydrogen-bond donors (Lipinski definition) is 2. The van der Waals surface area contributed by atoms with Crippen LogP contribution in [-0.2, 0) is 4.79 Å². The lowest BCUT2D eigenvalue weighted by Gasteiger charge is -2.16. The van der Waals surface area contributed by atoms with Gasteiger partial charge in [-0.2, -0.15) is 0 Å². The van der Waals surface area contributed by atoms with Crippen LogP contribution in [0.25, 0.3) is 0 Å². The lowest BCUT2D eigenvalue weighted by atomic mass is 10.0. The van der Waals surface area contributed by atoms with Crippen molar-refractivity contribution in [3.8, 4) is 0 Å². The Morgan fingerprint density at radius 3 is 2.38 bits per heavy atom. The number of carbonyl (C=O) groups excluding carboxylic acids is 1. The molecule has 0 saturated heterocycles. The summed E-state index contributed by atoms with van der Waals surface area (Å²) in [7, 11) is 0. The molecule has 0 fully saturated rings. The van der Waals surface area contributed by atoms with E-state index in [0.29, 0.717) is 18.9 Å². The molecule has 78 valence electrons. The van der Waals surface area contributed by atoms with Crippen LogP contribution in [0, 0.1) is 5.92 Å². The predicted molar refractivity (Wildman–Crippen MR) is 55.3 cm³/mol. The summed E-state index contributed by atoms with van der Waals surface area (Å²) < 4.78 is 0. The van der Waals surface area contributed by atoms with E-state index in [1.54, 1.807) is 0 Å². The fraction of sp³-hybridized carbons (Fsp3) is 0.900. The van der Waals surface area contributed by atoms with Gasteiger partial charge in [0.05, 0.1) is 0 Å². The Balaban J connectivity index is 3.72. The van der Waals surface area contributed by atoms with Crippen LogP contribution in [-0.4, -0.2) is 18.5 Å². The van der Waals surface area contributed by atoms with Crippen molar-refractivity contribution in [3.63, 3.8) is 0 Å². The monoisotopic (exact) mass is 186 g/mol. The molecule has 0 aromatic carbocycles. The third-order valence-electron chi connectivity index (χ3n) is 2.37. The standard InChI is InChI=1S/C10H22N2O/c1-4-8(3)6-10(13)12-9(5-2)7-11/h8-9H,4-7,11H2,1-3H3,(H,12,13). The van der Waals surface area contributed by atoms with Crippen molar-refractivity contribution in [1.82, 2.24) is 5.32 Å². The number of carbonyl (C=O) groups is 1. The zero-order chi connectivity index (χ0) is 10.3. The lowest BCUT2D eigenvalue weighted by Crippen LogP contribution is -2.40. The van der Waals surface area contributed by atoms with Crippen molar-refractivity contribution in [2.75, 3.05) is 6.54 Å². The third kappa shape index (κ3) is 5.64. The van der Waals surface area contributed by atoms with Gasteiger partial charge in [0.1, 0.15) is 0 Å². The molecule has 2 unspecified atom stereocenters. The van der Waals surface area contributed by atoms with Gasteiger partial charge in [0.15, 0.2) is 0 Å². The van der Waals surface area contributed by atoms with Gasteiger partial charge in [0.25, 0.3) is 0 Å². The second-order valence-electron chi connectivity index (χ2n) is 3.63. The van der Waals surface area contributed by atoms with Crippen molar-refractivity contribution >= 4 is 5.91 Å². The van der Waals surface area contributed by atoms with Crippen LogP contribution in [0.15, 0.2) is 0 Å². The van der Waals surface area contributed by atoms with Crippen molar-refractivity contribution in [2.24, 2.45) is 11.7 Å². The molecule has 0 aliphatic heterocycles. The molecule has 0 aliphatic rings. The SMILES string of the molecule is CCC(C)CC(=O)NC(CC)CN. The van der Waals surface area contributed by atoms with Crippen molar-refractivity contribution < 1.29 is 4.79 Å². The Hall–Kier alpha value is -0.570. The van der Waals surface area contributed by atoms with Gasteiger partial charge in [-0.05, 0) is 12.3 Å². The van der Waals surface area contributed by atoms with Gasteiger partial charge in [0.2, 0.25) is 5.91 Å². The first kappa shape index (κ1) is 12.4. The summed E-state index contributed by atoms with van der Waals surface area (Å²) in [6, 6.07) is 0.150. The maximum atomic E-state index is 11.4. The highest BCUT2D eigenvalue weighted by Crippen LogP contribution is 2.05. The molecule has 0 rings (SSSR count). The highest BCUT2D eigenvalue weighted by Gasteiger charge is 2.10. The molecule has 0 bridgehead atoms. The van der Waals surface area contributed by atoms with E-state index >= 15 is 0 Å². The second kappa shape index (κ2) is 6.89. The van der Waals surface area contributed by atoms with Crippen LogP contribution in [0.1, 0.15) is 40.0 Å². The number of hydrogen-bond acceptors (Lipinski definition) is 2. The molecule has 0 aliphatic carbocycles. The molecule has 2 atom stereocenters. The average molecular weight is 186 g/mol. The molecule has 0 radical (unpaired) electrons. The minimum Gasteiger partial charge on any atom is -0.352 e. The Morgan fingerprint density at radius 1 is 1.38 bits per heavy atom. The smallest absolute Gasteiger partial charge is 0.220 e. The highest BCUT2D eigenvalue weighted by atomic mass is 16.1. The van der Waals surface area contributed by atoms with E-state index in [-0.39, 0.29) is 11.9 Å². The Bertz CT molecular complexity index is 144.